The van der Waals surface area contributed by atoms with Gasteiger partial charge in [0.05, 0.1) is 12.2 Å². The lowest BCUT2D eigenvalue weighted by Gasteiger charge is -2.66. The van der Waals surface area contributed by atoms with Gasteiger partial charge in [0.25, 0.3) is 0 Å². The summed E-state index contributed by atoms with van der Waals surface area (Å²) in [5.41, 5.74) is -1.80. The number of hydrogen-bond donors (Lipinski definition) is 4. The maximum atomic E-state index is 11.6. The van der Waals surface area contributed by atoms with Gasteiger partial charge in [0.1, 0.15) is 11.7 Å². The highest BCUT2D eigenvalue weighted by atomic mass is 16.4. The van der Waals surface area contributed by atoms with Crippen LogP contribution in [0.15, 0.2) is 0 Å². The molecule has 4 saturated carbocycles. The predicted molar refractivity (Wildman–Crippen MR) is 123 cm³/mol. The van der Waals surface area contributed by atoms with E-state index in [1.807, 2.05) is 0 Å². The average Bonchev–Trinajstić information content (AvgIpc) is 3.06. The van der Waals surface area contributed by atoms with Crippen LogP contribution >= 0.6 is 0 Å². The van der Waals surface area contributed by atoms with Crippen molar-refractivity contribution in [1.82, 2.24) is 0 Å². The molecule has 4 rings (SSSR count). The molecule has 4 N–H and O–H groups in total. The van der Waals surface area contributed by atoms with Crippen LogP contribution in [0, 0.1) is 46.3 Å². The number of aliphatic hydroxyl groups is 4. The Kier molecular flexibility index (Phi) is 6.38. The molecule has 31 heavy (non-hydrogen) atoms. The standard InChI is InChI=1S/C27H48O4/c1-16(2)7-6-8-17(3)19-9-10-20-18-15-23(29)27(31)24(30)22(28)12-14-26(27,5)21(18)11-13-25(19,20)4/h16-24,28-31H,6-15H2,1-5H3/t17-,18?,19-,20?,21?,22+,23-,24+,25-,26-,27-/m1/s1. The molecule has 11 atom stereocenters. The molecule has 4 aliphatic carbocycles. The summed E-state index contributed by atoms with van der Waals surface area (Å²) in [6.45, 7) is 11.7. The Morgan fingerprint density at radius 2 is 1.58 bits per heavy atom. The fraction of sp³-hybridized carbons (Fsp3) is 1.00. The first kappa shape index (κ1) is 24.0. The third-order valence-electron chi connectivity index (χ3n) is 11.1. The second-order valence-electron chi connectivity index (χ2n) is 13.0. The van der Waals surface area contributed by atoms with E-state index in [0.29, 0.717) is 42.4 Å². The van der Waals surface area contributed by atoms with Crippen LogP contribution < -0.4 is 0 Å². The second kappa shape index (κ2) is 8.25. The smallest absolute Gasteiger partial charge is 0.124 e. The Labute approximate surface area is 189 Å². The lowest BCUT2D eigenvalue weighted by molar-refractivity contribution is -0.305. The zero-order chi connectivity index (χ0) is 22.8. The lowest BCUT2D eigenvalue weighted by atomic mass is 9.42. The second-order valence-corrected chi connectivity index (χ2v) is 13.0. The molecule has 4 fully saturated rings. The molecule has 0 radical (unpaired) electrons. The Morgan fingerprint density at radius 1 is 0.871 bits per heavy atom. The van der Waals surface area contributed by atoms with E-state index < -0.39 is 29.3 Å². The highest BCUT2D eigenvalue weighted by Gasteiger charge is 2.70. The molecular formula is C27H48O4. The summed E-state index contributed by atoms with van der Waals surface area (Å²) in [4.78, 5) is 0. The molecule has 0 amide bonds. The summed E-state index contributed by atoms with van der Waals surface area (Å²) in [6, 6.07) is 0. The molecule has 0 bridgehead atoms. The third-order valence-corrected chi connectivity index (χ3v) is 11.1. The SMILES string of the molecule is CC(C)CCC[C@@H](C)[C@H]1CCC2C3C[C@@H](O)[C@@]4(O)[C@@H](O)[C@@H](O)CC[C@]4(C)C3CC[C@@]21C. The Balaban J connectivity index is 1.55. The average molecular weight is 437 g/mol. The van der Waals surface area contributed by atoms with Gasteiger partial charge in [-0.05, 0) is 85.9 Å². The summed E-state index contributed by atoms with van der Waals surface area (Å²) in [5, 5.41) is 43.9. The molecule has 0 aromatic carbocycles. The summed E-state index contributed by atoms with van der Waals surface area (Å²) < 4.78 is 0. The van der Waals surface area contributed by atoms with E-state index in [1.165, 1.54) is 38.5 Å². The normalized spacial score (nSPS) is 53.0. The first-order valence-electron chi connectivity index (χ1n) is 13.2. The van der Waals surface area contributed by atoms with E-state index in [9.17, 15) is 20.4 Å². The van der Waals surface area contributed by atoms with E-state index in [-0.39, 0.29) is 0 Å². The van der Waals surface area contributed by atoms with E-state index in [1.54, 1.807) is 0 Å². The van der Waals surface area contributed by atoms with Crippen molar-refractivity contribution >= 4 is 0 Å². The third kappa shape index (κ3) is 3.45. The minimum atomic E-state index is -1.60. The number of hydrogen-bond acceptors (Lipinski definition) is 4. The number of rotatable bonds is 5. The zero-order valence-electron chi connectivity index (χ0n) is 20.6. The predicted octanol–water partition coefficient (Wildman–Crippen LogP) is 4.53. The van der Waals surface area contributed by atoms with E-state index >= 15 is 0 Å². The van der Waals surface area contributed by atoms with Crippen molar-refractivity contribution in [3.63, 3.8) is 0 Å². The van der Waals surface area contributed by atoms with Crippen molar-refractivity contribution in [2.45, 2.75) is 123 Å². The highest BCUT2D eigenvalue weighted by Crippen LogP contribution is 2.69. The molecule has 0 saturated heterocycles. The van der Waals surface area contributed by atoms with Crippen molar-refractivity contribution in [3.8, 4) is 0 Å². The number of aliphatic hydroxyl groups excluding tert-OH is 3. The molecule has 0 aromatic heterocycles. The fourth-order valence-corrected chi connectivity index (χ4v) is 9.37. The van der Waals surface area contributed by atoms with Crippen LogP contribution in [-0.2, 0) is 0 Å². The minimum Gasteiger partial charge on any atom is -0.390 e. The van der Waals surface area contributed by atoms with Gasteiger partial charge in [-0.15, -0.1) is 0 Å². The van der Waals surface area contributed by atoms with Gasteiger partial charge in [0, 0.05) is 5.41 Å². The van der Waals surface area contributed by atoms with Crippen molar-refractivity contribution in [3.05, 3.63) is 0 Å². The van der Waals surface area contributed by atoms with Crippen molar-refractivity contribution in [2.75, 3.05) is 0 Å². The van der Waals surface area contributed by atoms with Crippen LogP contribution in [0.3, 0.4) is 0 Å². The maximum absolute atomic E-state index is 11.6. The largest absolute Gasteiger partial charge is 0.390 e. The molecular weight excluding hydrogens is 388 g/mol. The molecule has 4 aliphatic rings. The van der Waals surface area contributed by atoms with Crippen LogP contribution in [0.25, 0.3) is 0 Å². The maximum Gasteiger partial charge on any atom is 0.124 e. The molecule has 4 heteroatoms. The topological polar surface area (TPSA) is 80.9 Å². The Morgan fingerprint density at radius 3 is 2.26 bits per heavy atom. The van der Waals surface area contributed by atoms with Crippen LogP contribution in [0.5, 0.6) is 0 Å². The number of fused-ring (bicyclic) bond motifs is 5. The quantitative estimate of drug-likeness (QED) is 0.511. The molecule has 0 aromatic rings. The van der Waals surface area contributed by atoms with Gasteiger partial charge in [-0.2, -0.15) is 0 Å². The first-order chi connectivity index (χ1) is 14.5. The fourth-order valence-electron chi connectivity index (χ4n) is 9.37. The first-order valence-corrected chi connectivity index (χ1v) is 13.2. The summed E-state index contributed by atoms with van der Waals surface area (Å²) in [7, 11) is 0. The van der Waals surface area contributed by atoms with Crippen LogP contribution in [0.1, 0.15) is 98.8 Å². The monoisotopic (exact) mass is 436 g/mol. The van der Waals surface area contributed by atoms with Gasteiger partial charge in [-0.3, -0.25) is 0 Å². The highest BCUT2D eigenvalue weighted by molar-refractivity contribution is 5.19. The molecule has 0 aliphatic heterocycles. The van der Waals surface area contributed by atoms with Crippen molar-refractivity contribution in [1.29, 1.82) is 0 Å². The Hall–Kier alpha value is -0.160. The van der Waals surface area contributed by atoms with E-state index in [0.717, 1.165) is 24.2 Å². The lowest BCUT2D eigenvalue weighted by Crippen LogP contribution is -2.74. The van der Waals surface area contributed by atoms with Crippen molar-refractivity contribution < 1.29 is 20.4 Å². The summed E-state index contributed by atoms with van der Waals surface area (Å²) in [6.07, 6.45) is 7.35. The minimum absolute atomic E-state index is 0.316. The van der Waals surface area contributed by atoms with Crippen LogP contribution in [-0.4, -0.2) is 44.3 Å². The summed E-state index contributed by atoms with van der Waals surface area (Å²) >= 11 is 0. The zero-order valence-corrected chi connectivity index (χ0v) is 20.6. The van der Waals surface area contributed by atoms with Gasteiger partial charge >= 0.3 is 0 Å². The molecule has 0 spiro atoms. The van der Waals surface area contributed by atoms with Gasteiger partial charge in [-0.25, -0.2) is 0 Å². The van der Waals surface area contributed by atoms with Crippen LogP contribution in [0.4, 0.5) is 0 Å². The van der Waals surface area contributed by atoms with E-state index in [4.69, 9.17) is 0 Å². The van der Waals surface area contributed by atoms with E-state index in [2.05, 4.69) is 34.6 Å². The van der Waals surface area contributed by atoms with Gasteiger partial charge in [-0.1, -0.05) is 53.9 Å². The van der Waals surface area contributed by atoms with Gasteiger partial charge in [0.15, 0.2) is 0 Å². The van der Waals surface area contributed by atoms with Crippen LogP contribution in [0.2, 0.25) is 0 Å². The molecule has 4 nitrogen and oxygen atoms in total. The molecule has 0 heterocycles. The molecule has 180 valence electrons. The van der Waals surface area contributed by atoms with Gasteiger partial charge in [0.2, 0.25) is 0 Å². The van der Waals surface area contributed by atoms with Crippen molar-refractivity contribution in [2.24, 2.45) is 46.3 Å². The molecule has 3 unspecified atom stereocenters. The Bertz CT molecular complexity index is 651. The summed E-state index contributed by atoms with van der Waals surface area (Å²) in [5.74, 6) is 3.62. The van der Waals surface area contributed by atoms with Gasteiger partial charge < -0.3 is 20.4 Å².